The third-order valence-electron chi connectivity index (χ3n) is 1.87. The molecule has 0 aromatic heterocycles. The van der Waals surface area contributed by atoms with Gasteiger partial charge in [-0.2, -0.15) is 0 Å². The van der Waals surface area contributed by atoms with Crippen LogP contribution in [0.15, 0.2) is 16.6 Å². The molecule has 6 heteroatoms. The molecule has 1 aromatic carbocycles. The highest BCUT2D eigenvalue weighted by molar-refractivity contribution is 9.10. The molecule has 2 N–H and O–H groups in total. The first-order chi connectivity index (χ1) is 7.54. The zero-order valence-corrected chi connectivity index (χ0v) is 9.85. The van der Waals surface area contributed by atoms with Gasteiger partial charge in [-0.05, 0) is 28.1 Å². The second kappa shape index (κ2) is 5.91. The van der Waals surface area contributed by atoms with Crippen molar-refractivity contribution in [1.29, 1.82) is 0 Å². The predicted molar refractivity (Wildman–Crippen MR) is 57.9 cm³/mol. The normalized spacial score (nSPS) is 10.2. The third kappa shape index (κ3) is 3.53. The summed E-state index contributed by atoms with van der Waals surface area (Å²) in [7, 11) is 0. The maximum atomic E-state index is 13.3. The molecule has 0 aliphatic rings. The molecule has 0 saturated heterocycles. The van der Waals surface area contributed by atoms with E-state index in [1.165, 1.54) is 0 Å². The molecule has 16 heavy (non-hydrogen) atoms. The van der Waals surface area contributed by atoms with Crippen LogP contribution < -0.4 is 5.32 Å². The van der Waals surface area contributed by atoms with Gasteiger partial charge in [-0.1, -0.05) is 0 Å². The molecule has 0 radical (unpaired) electrons. The summed E-state index contributed by atoms with van der Waals surface area (Å²) in [5.74, 6) is -1.73. The minimum atomic E-state index is -0.646. The van der Waals surface area contributed by atoms with E-state index in [0.717, 1.165) is 12.1 Å². The molecule has 88 valence electrons. The van der Waals surface area contributed by atoms with Crippen molar-refractivity contribution in [3.8, 4) is 0 Å². The van der Waals surface area contributed by atoms with Gasteiger partial charge in [-0.25, -0.2) is 8.78 Å². The number of hydrogen-bond donors (Lipinski definition) is 2. The number of carbonyl (C=O) groups is 1. The Balaban J connectivity index is 2.73. The fourth-order valence-electron chi connectivity index (χ4n) is 1.13. The molecule has 0 spiro atoms. The number of nitrogens with one attached hydrogen (secondary N) is 1. The molecule has 0 atom stereocenters. The van der Waals surface area contributed by atoms with Gasteiger partial charge in [0.05, 0.1) is 17.5 Å². The zero-order valence-electron chi connectivity index (χ0n) is 8.27. The zero-order chi connectivity index (χ0) is 12.1. The van der Waals surface area contributed by atoms with E-state index in [4.69, 9.17) is 5.11 Å². The van der Waals surface area contributed by atoms with Crippen LogP contribution in [0.2, 0.25) is 0 Å². The number of hydrogen-bond acceptors (Lipinski definition) is 2. The van der Waals surface area contributed by atoms with E-state index < -0.39 is 17.5 Å². The molecular formula is C10H10BrF2NO2. The molecule has 1 amide bonds. The fraction of sp³-hybridized carbons (Fsp3) is 0.300. The van der Waals surface area contributed by atoms with Gasteiger partial charge in [-0.15, -0.1) is 0 Å². The monoisotopic (exact) mass is 293 g/mol. The van der Waals surface area contributed by atoms with Gasteiger partial charge in [0.2, 0.25) is 5.91 Å². The van der Waals surface area contributed by atoms with Crippen LogP contribution in [0.5, 0.6) is 0 Å². The topological polar surface area (TPSA) is 49.3 Å². The first kappa shape index (κ1) is 13.1. The summed E-state index contributed by atoms with van der Waals surface area (Å²) in [4.78, 5) is 11.2. The van der Waals surface area contributed by atoms with Gasteiger partial charge in [0, 0.05) is 12.1 Å². The van der Waals surface area contributed by atoms with E-state index in [0.29, 0.717) is 0 Å². The minimum Gasteiger partial charge on any atom is -0.395 e. The SMILES string of the molecule is O=C(Cc1cc(F)c(Br)cc1F)NCCO. The average molecular weight is 294 g/mol. The van der Waals surface area contributed by atoms with Crippen molar-refractivity contribution in [2.75, 3.05) is 13.2 Å². The first-order valence-corrected chi connectivity index (χ1v) is 5.35. The summed E-state index contributed by atoms with van der Waals surface area (Å²) in [5, 5.41) is 10.8. The molecule has 1 rings (SSSR count). The molecule has 0 unspecified atom stereocenters. The van der Waals surface area contributed by atoms with Crippen LogP contribution in [0.3, 0.4) is 0 Å². The van der Waals surface area contributed by atoms with Crippen molar-refractivity contribution in [3.05, 3.63) is 33.8 Å². The molecule has 1 aromatic rings. The standard InChI is InChI=1S/C10H10BrF2NO2/c11-7-5-8(12)6(3-9(7)13)4-10(16)14-1-2-15/h3,5,15H,1-2,4H2,(H,14,16). The van der Waals surface area contributed by atoms with Gasteiger partial charge in [-0.3, -0.25) is 4.79 Å². The number of aliphatic hydroxyl groups excluding tert-OH is 1. The summed E-state index contributed by atoms with van der Waals surface area (Å²) >= 11 is 2.84. The van der Waals surface area contributed by atoms with E-state index >= 15 is 0 Å². The van der Waals surface area contributed by atoms with Gasteiger partial charge in [0.15, 0.2) is 0 Å². The Kier molecular flexibility index (Phi) is 4.82. The molecule has 0 saturated carbocycles. The number of carbonyl (C=O) groups excluding carboxylic acids is 1. The third-order valence-corrected chi connectivity index (χ3v) is 2.48. The van der Waals surface area contributed by atoms with Crippen LogP contribution in [0.1, 0.15) is 5.56 Å². The Morgan fingerprint density at radius 3 is 2.69 bits per heavy atom. The number of aliphatic hydroxyl groups is 1. The van der Waals surface area contributed by atoms with Crippen LogP contribution in [0, 0.1) is 11.6 Å². The van der Waals surface area contributed by atoms with E-state index in [9.17, 15) is 13.6 Å². The van der Waals surface area contributed by atoms with E-state index in [-0.39, 0.29) is 29.6 Å². The lowest BCUT2D eigenvalue weighted by atomic mass is 10.1. The first-order valence-electron chi connectivity index (χ1n) is 4.55. The lowest BCUT2D eigenvalue weighted by molar-refractivity contribution is -0.120. The number of amides is 1. The van der Waals surface area contributed by atoms with Crippen LogP contribution in [-0.4, -0.2) is 24.2 Å². The van der Waals surface area contributed by atoms with E-state index in [2.05, 4.69) is 21.2 Å². The van der Waals surface area contributed by atoms with E-state index in [1.807, 2.05) is 0 Å². The van der Waals surface area contributed by atoms with Gasteiger partial charge in [0.1, 0.15) is 11.6 Å². The number of rotatable bonds is 4. The van der Waals surface area contributed by atoms with Crippen LogP contribution in [-0.2, 0) is 11.2 Å². The Labute approximate surface area is 99.6 Å². The van der Waals surface area contributed by atoms with Crippen molar-refractivity contribution >= 4 is 21.8 Å². The summed E-state index contributed by atoms with van der Waals surface area (Å²) in [5.41, 5.74) is -0.0175. The molecule has 3 nitrogen and oxygen atoms in total. The highest BCUT2D eigenvalue weighted by Crippen LogP contribution is 2.20. The van der Waals surface area contributed by atoms with Crippen LogP contribution in [0.25, 0.3) is 0 Å². The average Bonchev–Trinajstić information content (AvgIpc) is 2.23. The Morgan fingerprint density at radius 1 is 1.38 bits per heavy atom. The van der Waals surface area contributed by atoms with Crippen molar-refractivity contribution in [2.45, 2.75) is 6.42 Å². The van der Waals surface area contributed by atoms with Gasteiger partial charge < -0.3 is 10.4 Å². The lowest BCUT2D eigenvalue weighted by Crippen LogP contribution is -2.28. The smallest absolute Gasteiger partial charge is 0.224 e. The van der Waals surface area contributed by atoms with E-state index in [1.54, 1.807) is 0 Å². The summed E-state index contributed by atoms with van der Waals surface area (Å²) in [6.07, 6.45) is -0.254. The summed E-state index contributed by atoms with van der Waals surface area (Å²) in [6, 6.07) is 1.95. The van der Waals surface area contributed by atoms with Crippen LogP contribution >= 0.6 is 15.9 Å². The van der Waals surface area contributed by atoms with Crippen LogP contribution in [0.4, 0.5) is 8.78 Å². The quantitative estimate of drug-likeness (QED) is 0.824. The predicted octanol–water partition coefficient (Wildman–Crippen LogP) is 1.38. The number of benzene rings is 1. The Hall–Kier alpha value is -1.01. The second-order valence-corrected chi connectivity index (χ2v) is 3.96. The number of halogens is 3. The van der Waals surface area contributed by atoms with Gasteiger partial charge >= 0.3 is 0 Å². The highest BCUT2D eigenvalue weighted by atomic mass is 79.9. The summed E-state index contributed by atoms with van der Waals surface area (Å²) < 4.78 is 26.4. The van der Waals surface area contributed by atoms with Crippen molar-refractivity contribution in [3.63, 3.8) is 0 Å². The molecule has 0 aliphatic carbocycles. The highest BCUT2D eigenvalue weighted by Gasteiger charge is 2.11. The van der Waals surface area contributed by atoms with Crippen molar-refractivity contribution < 1.29 is 18.7 Å². The fourth-order valence-corrected chi connectivity index (χ4v) is 1.45. The lowest BCUT2D eigenvalue weighted by Gasteiger charge is -2.05. The maximum absolute atomic E-state index is 13.3. The summed E-state index contributed by atoms with van der Waals surface area (Å²) in [6.45, 7) is -0.0949. The second-order valence-electron chi connectivity index (χ2n) is 3.11. The molecule has 0 heterocycles. The van der Waals surface area contributed by atoms with Gasteiger partial charge in [0.25, 0.3) is 0 Å². The van der Waals surface area contributed by atoms with Crippen molar-refractivity contribution in [1.82, 2.24) is 5.32 Å². The minimum absolute atomic E-state index is 0.0175. The largest absolute Gasteiger partial charge is 0.395 e. The molecule has 0 bridgehead atoms. The Morgan fingerprint density at radius 2 is 2.06 bits per heavy atom. The molecule has 0 aliphatic heterocycles. The van der Waals surface area contributed by atoms with Crippen molar-refractivity contribution in [2.24, 2.45) is 0 Å². The molecular weight excluding hydrogens is 284 g/mol. The molecule has 0 fully saturated rings. The Bertz CT molecular complexity index is 399. The maximum Gasteiger partial charge on any atom is 0.224 e.